The number of nitrogens with zero attached hydrogens (tertiary/aromatic N) is 3. The van der Waals surface area contributed by atoms with Crippen LogP contribution in [0.3, 0.4) is 0 Å². The molecule has 7 heteroatoms. The van der Waals surface area contributed by atoms with Crippen LogP contribution in [0.25, 0.3) is 0 Å². The van der Waals surface area contributed by atoms with Gasteiger partial charge in [-0.1, -0.05) is 6.92 Å². The first-order valence-corrected chi connectivity index (χ1v) is 6.17. The maximum Gasteiger partial charge on any atom is 0.214 e. The number of rotatable bonds is 1. The monoisotopic (exact) mass is 256 g/mol. The first-order valence-electron chi connectivity index (χ1n) is 6.17. The Kier molecular flexibility index (Phi) is 3.34. The number of likely N-dealkylation sites (tertiary alicyclic amines) is 1. The van der Waals surface area contributed by atoms with Gasteiger partial charge in [-0.15, -0.1) is 0 Å². The molecular weight excluding hydrogens is 239 g/mol. The molecule has 0 aromatic heterocycles. The molecule has 1 spiro atoms. The van der Waals surface area contributed by atoms with E-state index in [1.165, 1.54) is 4.90 Å². The lowest BCUT2D eigenvalue weighted by atomic mass is 9.74. The summed E-state index contributed by atoms with van der Waals surface area (Å²) in [4.78, 5) is 15.0. The van der Waals surface area contributed by atoms with Gasteiger partial charge >= 0.3 is 0 Å². The van der Waals surface area contributed by atoms with Crippen LogP contribution in [0.15, 0.2) is 5.11 Å². The van der Waals surface area contributed by atoms with Crippen molar-refractivity contribution in [1.29, 1.82) is 5.53 Å². The zero-order chi connectivity index (χ0) is 13.3. The highest BCUT2D eigenvalue weighted by Crippen LogP contribution is 2.51. The fourth-order valence-electron chi connectivity index (χ4n) is 3.41. The van der Waals surface area contributed by atoms with Gasteiger partial charge in [0.2, 0.25) is 4.91 Å². The van der Waals surface area contributed by atoms with Crippen LogP contribution in [0.1, 0.15) is 26.2 Å². The molecule has 1 saturated carbocycles. The number of carboxylic acid groups (broad SMARTS) is 1. The molecule has 2 fully saturated rings. The molecule has 1 heterocycles. The van der Waals surface area contributed by atoms with Gasteiger partial charge in [-0.05, 0) is 25.2 Å². The molecule has 3 unspecified atom stereocenters. The van der Waals surface area contributed by atoms with E-state index in [0.29, 0.717) is 32.4 Å². The van der Waals surface area contributed by atoms with Crippen molar-refractivity contribution in [3.05, 3.63) is 0 Å². The molecule has 0 aromatic rings. The second-order valence-corrected chi connectivity index (χ2v) is 5.40. The van der Waals surface area contributed by atoms with E-state index >= 15 is 0 Å². The van der Waals surface area contributed by atoms with Crippen molar-refractivity contribution >= 4 is 6.09 Å². The van der Waals surface area contributed by atoms with Crippen LogP contribution in [0.5, 0.6) is 0 Å². The van der Waals surface area contributed by atoms with Crippen molar-refractivity contribution in [2.75, 3.05) is 13.1 Å². The minimum absolute atomic E-state index is 0.116. The van der Waals surface area contributed by atoms with E-state index in [9.17, 15) is 14.3 Å². The largest absolute Gasteiger partial charge is 0.530 e. The molecule has 2 rings (SSSR count). The molecule has 0 bridgehead atoms. The maximum atomic E-state index is 14.1. The molecule has 18 heavy (non-hydrogen) atoms. The van der Waals surface area contributed by atoms with Crippen LogP contribution in [-0.4, -0.2) is 36.3 Å². The molecule has 1 N–H and O–H groups in total. The third kappa shape index (κ3) is 1.99. The van der Waals surface area contributed by atoms with E-state index in [2.05, 4.69) is 10.0 Å². The van der Waals surface area contributed by atoms with Gasteiger partial charge in [0, 0.05) is 18.5 Å². The zero-order valence-electron chi connectivity index (χ0n) is 10.3. The Morgan fingerprint density at radius 3 is 2.67 bits per heavy atom. The number of alkyl halides is 1. The Hall–Kier alpha value is -1.49. The summed E-state index contributed by atoms with van der Waals surface area (Å²) in [5, 5.41) is 14.5. The molecule has 6 nitrogen and oxygen atoms in total. The fraction of sp³-hybridized carbons (Fsp3) is 0.909. The molecule has 1 aliphatic carbocycles. The van der Waals surface area contributed by atoms with Gasteiger partial charge in [-0.2, -0.15) is 0 Å². The summed E-state index contributed by atoms with van der Waals surface area (Å²) in [5.74, 6) is -0.116. The lowest BCUT2D eigenvalue weighted by Gasteiger charge is -2.41. The van der Waals surface area contributed by atoms with Gasteiger partial charge in [0.1, 0.15) is 22.9 Å². The van der Waals surface area contributed by atoms with E-state index in [-0.39, 0.29) is 11.3 Å². The number of carbonyl (C=O) groups is 1. The molecule has 0 radical (unpaired) electrons. The second kappa shape index (κ2) is 4.65. The second-order valence-electron chi connectivity index (χ2n) is 5.40. The van der Waals surface area contributed by atoms with Crippen LogP contribution in [-0.2, 0) is 0 Å². The van der Waals surface area contributed by atoms with Gasteiger partial charge in [-0.3, -0.25) is 0 Å². The summed E-state index contributed by atoms with van der Waals surface area (Å²) in [5.41, 5.74) is 6.47. The lowest BCUT2D eigenvalue weighted by Crippen LogP contribution is -2.50. The Morgan fingerprint density at radius 2 is 2.17 bits per heavy atom. The molecule has 0 aromatic carbocycles. The Bertz CT molecular complexity index is 389. The third-order valence-electron chi connectivity index (χ3n) is 4.40. The number of carbonyl (C=O) groups excluding carboxylic acids is 1. The fourth-order valence-corrected chi connectivity index (χ4v) is 3.41. The van der Waals surface area contributed by atoms with Crippen molar-refractivity contribution in [1.82, 2.24) is 9.81 Å². The highest BCUT2D eigenvalue weighted by Gasteiger charge is 2.56. The summed E-state index contributed by atoms with van der Waals surface area (Å²) < 4.78 is 14.1. The molecule has 1 amide bonds. The summed E-state index contributed by atoms with van der Waals surface area (Å²) in [6, 6.07) is -0.603. The molecular formula is C11H17FN4O2. The van der Waals surface area contributed by atoms with E-state index < -0.39 is 18.3 Å². The smallest absolute Gasteiger partial charge is 0.214 e. The highest BCUT2D eigenvalue weighted by molar-refractivity contribution is 5.62. The van der Waals surface area contributed by atoms with Crippen LogP contribution >= 0.6 is 0 Å². The van der Waals surface area contributed by atoms with Gasteiger partial charge in [0.25, 0.3) is 0 Å². The predicted molar refractivity (Wildman–Crippen MR) is 58.4 cm³/mol. The number of amides is 1. The first kappa shape index (κ1) is 13.0. The number of nitrogens with one attached hydrogen (secondary N) is 1. The van der Waals surface area contributed by atoms with Crippen molar-refractivity contribution in [3.8, 4) is 0 Å². The number of hydrogen-bond donors (Lipinski definition) is 1. The molecule has 100 valence electrons. The SMILES string of the molecule is CC1CC2(CCN(C(=O)[O-])CC2)C(N=[N+]=N)C1F. The summed E-state index contributed by atoms with van der Waals surface area (Å²) >= 11 is 0. The van der Waals surface area contributed by atoms with Crippen LogP contribution in [0, 0.1) is 16.9 Å². The maximum absolute atomic E-state index is 14.1. The van der Waals surface area contributed by atoms with Crippen LogP contribution in [0.4, 0.5) is 9.18 Å². The number of halogens is 1. The lowest BCUT2D eigenvalue weighted by molar-refractivity contribution is -0.267. The van der Waals surface area contributed by atoms with Gasteiger partial charge in [-0.25, -0.2) is 4.39 Å². The average Bonchev–Trinajstić information content (AvgIpc) is 2.55. The van der Waals surface area contributed by atoms with Gasteiger partial charge in [0.15, 0.2) is 6.04 Å². The Morgan fingerprint density at radius 1 is 1.56 bits per heavy atom. The number of hydrogen-bond acceptors (Lipinski definition) is 4. The molecule has 2 aliphatic rings. The van der Waals surface area contributed by atoms with Crippen molar-refractivity contribution in [2.45, 2.75) is 38.4 Å². The van der Waals surface area contributed by atoms with Crippen LogP contribution < -0.4 is 10.0 Å². The topological polar surface area (TPSA) is 93.7 Å². The molecule has 1 saturated heterocycles. The summed E-state index contributed by atoms with van der Waals surface area (Å²) in [6.45, 7) is 2.54. The average molecular weight is 256 g/mol. The third-order valence-corrected chi connectivity index (χ3v) is 4.40. The minimum atomic E-state index is -1.17. The van der Waals surface area contributed by atoms with Crippen LogP contribution in [0.2, 0.25) is 0 Å². The van der Waals surface area contributed by atoms with Crippen molar-refractivity contribution in [3.63, 3.8) is 0 Å². The van der Waals surface area contributed by atoms with E-state index in [0.717, 1.165) is 0 Å². The van der Waals surface area contributed by atoms with Crippen molar-refractivity contribution < 1.29 is 14.3 Å². The Labute approximate surface area is 104 Å². The normalized spacial score (nSPS) is 34.3. The van der Waals surface area contributed by atoms with Gasteiger partial charge < -0.3 is 14.8 Å². The summed E-state index contributed by atoms with van der Waals surface area (Å²) in [7, 11) is 0. The first-order chi connectivity index (χ1) is 8.50. The summed E-state index contributed by atoms with van der Waals surface area (Å²) in [6.07, 6.45) is -0.455. The standard InChI is InChI=1S/C11H17FN4O2/c1-7-6-11(9(8(7)12)14-15-13)2-4-16(5-3-11)10(17)18/h7-9,13H,2-6H2,1H3. The highest BCUT2D eigenvalue weighted by atomic mass is 19.1. The minimum Gasteiger partial charge on any atom is -0.530 e. The van der Waals surface area contributed by atoms with Crippen molar-refractivity contribution in [2.24, 2.45) is 16.4 Å². The molecule has 3 atom stereocenters. The van der Waals surface area contributed by atoms with Gasteiger partial charge in [0.05, 0.1) is 0 Å². The molecule has 1 aliphatic heterocycles. The number of piperidine rings is 1. The zero-order valence-corrected chi connectivity index (χ0v) is 10.3. The quantitative estimate of drug-likeness (QED) is 0.552. The predicted octanol–water partition coefficient (Wildman–Crippen LogP) is 0.709. The van der Waals surface area contributed by atoms with E-state index in [4.69, 9.17) is 5.53 Å². The van der Waals surface area contributed by atoms with E-state index in [1.54, 1.807) is 0 Å². The Balaban J connectivity index is 2.16. The van der Waals surface area contributed by atoms with E-state index in [1.807, 2.05) is 6.92 Å².